The second-order valence-electron chi connectivity index (χ2n) is 9.89. The van der Waals surface area contributed by atoms with E-state index >= 15 is 0 Å². The van der Waals surface area contributed by atoms with Gasteiger partial charge in [0.05, 0.1) is 23.0 Å². The highest BCUT2D eigenvalue weighted by atomic mass is 35.5. The molecule has 2 amide bonds. The lowest BCUT2D eigenvalue weighted by Crippen LogP contribution is -2.43. The molecule has 2 heterocycles. The maximum Gasteiger partial charge on any atom is 0.290 e. The number of rotatable bonds is 13. The van der Waals surface area contributed by atoms with Gasteiger partial charge in [0.2, 0.25) is 5.91 Å². The molecule has 0 saturated carbocycles. The molecule has 0 aliphatic carbocycles. The summed E-state index contributed by atoms with van der Waals surface area (Å²) in [5, 5.41) is 15.3. The zero-order valence-electron chi connectivity index (χ0n) is 25.3. The Morgan fingerprint density at radius 2 is 1.85 bits per heavy atom. The van der Waals surface area contributed by atoms with Gasteiger partial charge >= 0.3 is 0 Å². The molecular formula is C30H35ClF2N10O4. The van der Waals surface area contributed by atoms with Crippen molar-refractivity contribution in [3.8, 4) is 11.3 Å². The van der Waals surface area contributed by atoms with Crippen LogP contribution in [0.2, 0.25) is 5.02 Å². The van der Waals surface area contributed by atoms with Gasteiger partial charge in [0, 0.05) is 48.8 Å². The number of benzene rings is 2. The Kier molecular flexibility index (Phi) is 13.4. The van der Waals surface area contributed by atoms with Gasteiger partial charge in [-0.25, -0.2) is 18.7 Å². The van der Waals surface area contributed by atoms with Crippen molar-refractivity contribution in [2.45, 2.75) is 32.2 Å². The lowest BCUT2D eigenvalue weighted by Gasteiger charge is -2.14. The molecule has 17 heteroatoms. The summed E-state index contributed by atoms with van der Waals surface area (Å²) in [6.45, 7) is 2.48. The number of aromatic nitrogens is 3. The van der Waals surface area contributed by atoms with Crippen molar-refractivity contribution in [1.82, 2.24) is 25.0 Å². The smallest absolute Gasteiger partial charge is 0.290 e. The normalized spacial score (nSPS) is 11.2. The molecule has 0 aliphatic rings. The summed E-state index contributed by atoms with van der Waals surface area (Å²) < 4.78 is 30.3. The highest BCUT2D eigenvalue weighted by Crippen LogP contribution is 2.31. The average Bonchev–Trinajstić information content (AvgIpc) is 3.49. The standard InChI is InChI=1S/C29H33ClF2N10O2.CH2O2/c1-2-16-14-17(5-6-18(16)27(43)37-10-11-38-28(44)21(33)4-3-9-39-29(34)35)41-25-26-40-15-22(42(26)13-12-36-25)19-7-8-20(30)24(32)23(19)31;2-1-3/h5-8,12-15,21H,2-4,9-11,33H2,1H3,(H,36,41)(H,37,43)(H,38,44)(H4,34,35,39);1H,(H,2,3)/t21-;/m1./s1. The number of amides is 2. The van der Waals surface area contributed by atoms with Gasteiger partial charge in [0.15, 0.2) is 29.1 Å². The number of nitrogens with one attached hydrogen (secondary N) is 3. The Balaban J connectivity index is 0.00000192. The zero-order chi connectivity index (χ0) is 34.5. The number of anilines is 2. The zero-order valence-corrected chi connectivity index (χ0v) is 26.1. The van der Waals surface area contributed by atoms with Crippen LogP contribution in [0.25, 0.3) is 16.9 Å². The van der Waals surface area contributed by atoms with E-state index in [1.807, 2.05) is 13.0 Å². The Morgan fingerprint density at radius 3 is 2.55 bits per heavy atom. The Hall–Kier alpha value is -5.35. The van der Waals surface area contributed by atoms with Gasteiger partial charge in [-0.3, -0.25) is 23.8 Å². The molecule has 250 valence electrons. The van der Waals surface area contributed by atoms with Gasteiger partial charge < -0.3 is 38.3 Å². The van der Waals surface area contributed by atoms with Crippen LogP contribution in [-0.2, 0) is 16.0 Å². The number of nitrogens with two attached hydrogens (primary N) is 3. The van der Waals surface area contributed by atoms with E-state index in [0.29, 0.717) is 54.2 Å². The van der Waals surface area contributed by atoms with Crippen LogP contribution < -0.4 is 33.2 Å². The summed E-state index contributed by atoms with van der Waals surface area (Å²) in [4.78, 5) is 46.0. The predicted octanol–water partition coefficient (Wildman–Crippen LogP) is 2.56. The number of aryl methyl sites for hydroxylation is 1. The van der Waals surface area contributed by atoms with Gasteiger partial charge in [-0.15, -0.1) is 0 Å². The van der Waals surface area contributed by atoms with Crippen LogP contribution >= 0.6 is 11.6 Å². The van der Waals surface area contributed by atoms with E-state index in [1.54, 1.807) is 22.7 Å². The molecule has 0 saturated heterocycles. The Bertz CT molecular complexity index is 1750. The topological polar surface area (TPSA) is 228 Å². The van der Waals surface area contributed by atoms with Crippen molar-refractivity contribution in [1.29, 1.82) is 0 Å². The highest BCUT2D eigenvalue weighted by Gasteiger charge is 2.19. The SMILES string of the molecule is CCc1cc(Nc2nccn3c(-c4ccc(Cl)c(F)c4F)cnc23)ccc1C(=O)NCCNC(=O)[C@H](N)CCCN=C(N)N.O=CO. The molecule has 0 unspecified atom stereocenters. The highest BCUT2D eigenvalue weighted by molar-refractivity contribution is 6.30. The van der Waals surface area contributed by atoms with Crippen molar-refractivity contribution in [3.63, 3.8) is 0 Å². The van der Waals surface area contributed by atoms with Crippen LogP contribution in [0.5, 0.6) is 0 Å². The molecule has 1 atom stereocenters. The first-order valence-electron chi connectivity index (χ1n) is 14.3. The van der Waals surface area contributed by atoms with Crippen molar-refractivity contribution < 1.29 is 28.3 Å². The van der Waals surface area contributed by atoms with E-state index in [4.69, 9.17) is 38.7 Å². The monoisotopic (exact) mass is 672 g/mol. The summed E-state index contributed by atoms with van der Waals surface area (Å²) in [6, 6.07) is 7.19. The van der Waals surface area contributed by atoms with E-state index in [9.17, 15) is 18.4 Å². The summed E-state index contributed by atoms with van der Waals surface area (Å²) in [7, 11) is 0. The molecule has 2 aromatic carbocycles. The minimum absolute atomic E-state index is 0.00196. The third kappa shape index (κ3) is 9.57. The number of hydrogen-bond donors (Lipinski definition) is 7. The van der Waals surface area contributed by atoms with Crippen LogP contribution in [0.15, 0.2) is 53.9 Å². The van der Waals surface area contributed by atoms with Crippen LogP contribution in [0.1, 0.15) is 35.7 Å². The fraction of sp³-hybridized carbons (Fsp3) is 0.267. The summed E-state index contributed by atoms with van der Waals surface area (Å²) in [6.07, 6.45) is 6.06. The number of carbonyl (C=O) groups excluding carboxylic acids is 2. The average molecular weight is 673 g/mol. The number of carbonyl (C=O) groups is 3. The first kappa shape index (κ1) is 36.1. The van der Waals surface area contributed by atoms with Crippen molar-refractivity contribution in [2.75, 3.05) is 25.0 Å². The quantitative estimate of drug-likeness (QED) is 0.0361. The number of hydrogen-bond acceptors (Lipinski definition) is 8. The molecule has 0 spiro atoms. The number of guanidine groups is 1. The molecule has 0 radical (unpaired) electrons. The summed E-state index contributed by atoms with van der Waals surface area (Å²) in [5.74, 6) is -2.47. The number of fused-ring (bicyclic) bond motifs is 1. The molecule has 0 fully saturated rings. The van der Waals surface area contributed by atoms with Crippen LogP contribution in [0.4, 0.5) is 20.3 Å². The van der Waals surface area contributed by atoms with E-state index in [0.717, 1.165) is 5.56 Å². The summed E-state index contributed by atoms with van der Waals surface area (Å²) >= 11 is 5.70. The predicted molar refractivity (Wildman–Crippen MR) is 174 cm³/mol. The maximum atomic E-state index is 14.6. The fourth-order valence-electron chi connectivity index (χ4n) is 4.49. The maximum absolute atomic E-state index is 14.6. The molecule has 4 rings (SSSR count). The molecule has 47 heavy (non-hydrogen) atoms. The van der Waals surface area contributed by atoms with Gasteiger partial charge in [0.1, 0.15) is 0 Å². The number of nitrogens with zero attached hydrogens (tertiary/aromatic N) is 4. The minimum atomic E-state index is -1.14. The van der Waals surface area contributed by atoms with Crippen LogP contribution in [0.3, 0.4) is 0 Å². The van der Waals surface area contributed by atoms with Crippen LogP contribution in [-0.4, -0.2) is 69.4 Å². The van der Waals surface area contributed by atoms with E-state index in [2.05, 4.69) is 30.9 Å². The molecule has 10 N–H and O–H groups in total. The first-order valence-corrected chi connectivity index (χ1v) is 14.7. The number of aliphatic imine (C=N–C) groups is 1. The Morgan fingerprint density at radius 1 is 1.13 bits per heavy atom. The van der Waals surface area contributed by atoms with Gasteiger partial charge in [-0.05, 0) is 55.2 Å². The molecule has 0 aliphatic heterocycles. The Labute approximate surface area is 273 Å². The van der Waals surface area contributed by atoms with E-state index in [-0.39, 0.29) is 47.9 Å². The number of halogens is 3. The second-order valence-corrected chi connectivity index (χ2v) is 10.3. The molecule has 4 aromatic rings. The second kappa shape index (κ2) is 17.4. The lowest BCUT2D eigenvalue weighted by atomic mass is 10.0. The largest absolute Gasteiger partial charge is 0.483 e. The minimum Gasteiger partial charge on any atom is -0.483 e. The number of carboxylic acid groups (broad SMARTS) is 1. The van der Waals surface area contributed by atoms with Crippen molar-refractivity contribution in [2.24, 2.45) is 22.2 Å². The summed E-state index contributed by atoms with van der Waals surface area (Å²) in [5.41, 5.74) is 19.0. The molecule has 14 nitrogen and oxygen atoms in total. The van der Waals surface area contributed by atoms with E-state index in [1.165, 1.54) is 24.5 Å². The lowest BCUT2D eigenvalue weighted by molar-refractivity contribution is -0.123. The third-order valence-electron chi connectivity index (χ3n) is 6.75. The van der Waals surface area contributed by atoms with Crippen molar-refractivity contribution >= 4 is 53.0 Å². The molecular weight excluding hydrogens is 638 g/mol. The van der Waals surface area contributed by atoms with Gasteiger partial charge in [0.25, 0.3) is 12.4 Å². The molecule has 2 aromatic heterocycles. The third-order valence-corrected chi connectivity index (χ3v) is 7.04. The van der Waals surface area contributed by atoms with E-state index < -0.39 is 17.7 Å². The van der Waals surface area contributed by atoms with Gasteiger partial charge in [-0.1, -0.05) is 18.5 Å². The fourth-order valence-corrected chi connectivity index (χ4v) is 4.64. The molecule has 0 bridgehead atoms. The van der Waals surface area contributed by atoms with Crippen molar-refractivity contribution in [3.05, 3.63) is 76.7 Å². The van der Waals surface area contributed by atoms with Crippen LogP contribution in [0, 0.1) is 11.6 Å². The van der Waals surface area contributed by atoms with Gasteiger partial charge in [-0.2, -0.15) is 0 Å². The first-order chi connectivity index (χ1) is 22.5. The number of imidazole rings is 1.